The van der Waals surface area contributed by atoms with E-state index >= 15 is 0 Å². The van der Waals surface area contributed by atoms with E-state index in [0.717, 1.165) is 18.2 Å². The van der Waals surface area contributed by atoms with Crippen molar-refractivity contribution in [3.8, 4) is 5.75 Å². The Morgan fingerprint density at radius 1 is 1.14 bits per heavy atom. The molecule has 0 aliphatic heterocycles. The molecule has 1 aromatic carbocycles. The molecule has 2 unspecified atom stereocenters. The highest BCUT2D eigenvalue weighted by atomic mass is 32.2. The lowest BCUT2D eigenvalue weighted by molar-refractivity contribution is 0.360. The van der Waals surface area contributed by atoms with E-state index in [-0.39, 0.29) is 17.4 Å². The van der Waals surface area contributed by atoms with E-state index in [0.29, 0.717) is 16.9 Å². The number of hydrogen-bond acceptors (Lipinski definition) is 6. The van der Waals surface area contributed by atoms with E-state index in [9.17, 15) is 16.8 Å². The van der Waals surface area contributed by atoms with Crippen LogP contribution in [-0.4, -0.2) is 42.8 Å². The number of rotatable bonds is 10. The van der Waals surface area contributed by atoms with E-state index < -0.39 is 26.2 Å². The molecule has 0 spiro atoms. The van der Waals surface area contributed by atoms with Gasteiger partial charge in [0.15, 0.2) is 0 Å². The van der Waals surface area contributed by atoms with Crippen LogP contribution in [0.4, 0.5) is 0 Å². The molecule has 0 fully saturated rings. The van der Waals surface area contributed by atoms with Crippen molar-refractivity contribution >= 4 is 20.1 Å². The van der Waals surface area contributed by atoms with Crippen molar-refractivity contribution in [2.24, 2.45) is 5.92 Å². The van der Waals surface area contributed by atoms with Gasteiger partial charge in [-0.25, -0.2) is 13.1 Å². The molecule has 0 aromatic heterocycles. The highest BCUT2D eigenvalue weighted by Crippen LogP contribution is 2.30. The zero-order valence-electron chi connectivity index (χ0n) is 17.6. The first-order chi connectivity index (χ1) is 12.8. The second-order valence-corrected chi connectivity index (χ2v) is 10.2. The zero-order chi connectivity index (χ0) is 21.7. The summed E-state index contributed by atoms with van der Waals surface area (Å²) in [6.07, 6.45) is 4.86. The van der Waals surface area contributed by atoms with Gasteiger partial charge in [0.2, 0.25) is 10.0 Å². The standard InChI is InChI=1S/C19H31NO6S2/c1-8-13(2)17(10-9-11-26-27(7,21)22)20-28(23,24)19-14(3)12-18(25-6)15(4)16(19)5/h9-10,12-13,17,20H,8,11H2,1-7H3/b10-9+. The highest BCUT2D eigenvalue weighted by Gasteiger charge is 2.26. The van der Waals surface area contributed by atoms with Gasteiger partial charge in [-0.3, -0.25) is 4.18 Å². The fourth-order valence-corrected chi connectivity index (χ4v) is 5.00. The van der Waals surface area contributed by atoms with Crippen LogP contribution in [0.25, 0.3) is 0 Å². The smallest absolute Gasteiger partial charge is 0.264 e. The maximum atomic E-state index is 13.1. The molecular formula is C19H31NO6S2. The molecule has 1 N–H and O–H groups in total. The lowest BCUT2D eigenvalue weighted by Gasteiger charge is -2.23. The minimum atomic E-state index is -3.80. The molecule has 0 bridgehead atoms. The van der Waals surface area contributed by atoms with Crippen molar-refractivity contribution in [2.45, 2.75) is 52.0 Å². The Labute approximate surface area is 169 Å². The van der Waals surface area contributed by atoms with Crippen molar-refractivity contribution in [1.82, 2.24) is 4.72 Å². The minimum Gasteiger partial charge on any atom is -0.496 e. The number of hydrogen-bond donors (Lipinski definition) is 1. The summed E-state index contributed by atoms with van der Waals surface area (Å²) < 4.78 is 61.1. The third kappa shape index (κ3) is 6.58. The van der Waals surface area contributed by atoms with Gasteiger partial charge in [0.25, 0.3) is 10.1 Å². The molecule has 0 saturated heterocycles. The van der Waals surface area contributed by atoms with Crippen LogP contribution in [-0.2, 0) is 24.3 Å². The SMILES string of the molecule is CCC(C)C(/C=C/COS(C)(=O)=O)NS(=O)(=O)c1c(C)cc(OC)c(C)c1C. The molecule has 9 heteroatoms. The molecule has 0 amide bonds. The zero-order valence-corrected chi connectivity index (χ0v) is 19.2. The predicted molar refractivity (Wildman–Crippen MR) is 111 cm³/mol. The lowest BCUT2D eigenvalue weighted by Crippen LogP contribution is -2.38. The average molecular weight is 434 g/mol. The van der Waals surface area contributed by atoms with Crippen LogP contribution in [0.5, 0.6) is 5.75 Å². The predicted octanol–water partition coefficient (Wildman–Crippen LogP) is 2.85. The molecule has 0 radical (unpaired) electrons. The van der Waals surface area contributed by atoms with Gasteiger partial charge in [-0.1, -0.05) is 32.4 Å². The molecule has 1 aromatic rings. The van der Waals surface area contributed by atoms with Crippen molar-refractivity contribution < 1.29 is 25.8 Å². The number of sulfonamides is 1. The molecular weight excluding hydrogens is 402 g/mol. The fraction of sp³-hybridized carbons (Fsp3) is 0.579. The van der Waals surface area contributed by atoms with Crippen LogP contribution in [0.15, 0.2) is 23.1 Å². The maximum Gasteiger partial charge on any atom is 0.264 e. The Balaban J connectivity index is 3.21. The minimum absolute atomic E-state index is 0.00390. The van der Waals surface area contributed by atoms with E-state index in [4.69, 9.17) is 4.74 Å². The maximum absolute atomic E-state index is 13.1. The Morgan fingerprint density at radius 2 is 1.75 bits per heavy atom. The van der Waals surface area contributed by atoms with Crippen molar-refractivity contribution in [3.05, 3.63) is 34.9 Å². The molecule has 7 nitrogen and oxygen atoms in total. The number of aryl methyl sites for hydroxylation is 1. The van der Waals surface area contributed by atoms with Crippen LogP contribution in [0.3, 0.4) is 0 Å². The fourth-order valence-electron chi connectivity index (χ4n) is 2.85. The summed E-state index contributed by atoms with van der Waals surface area (Å²) in [5, 5.41) is 0. The Kier molecular flexibility index (Phi) is 8.67. The third-order valence-electron chi connectivity index (χ3n) is 4.74. The van der Waals surface area contributed by atoms with Crippen LogP contribution in [0.2, 0.25) is 0 Å². The molecule has 0 saturated carbocycles. The molecule has 0 heterocycles. The van der Waals surface area contributed by atoms with Crippen LogP contribution in [0.1, 0.15) is 37.0 Å². The van der Waals surface area contributed by atoms with Crippen LogP contribution in [0, 0.1) is 26.7 Å². The summed E-state index contributed by atoms with van der Waals surface area (Å²) in [5.41, 5.74) is 2.00. The van der Waals surface area contributed by atoms with Crippen molar-refractivity contribution in [2.75, 3.05) is 20.0 Å². The monoisotopic (exact) mass is 433 g/mol. The van der Waals surface area contributed by atoms with Gasteiger partial charge in [-0.15, -0.1) is 0 Å². The average Bonchev–Trinajstić information content (AvgIpc) is 2.58. The second-order valence-electron chi connectivity index (χ2n) is 6.92. The van der Waals surface area contributed by atoms with Crippen molar-refractivity contribution in [1.29, 1.82) is 0 Å². The van der Waals surface area contributed by atoms with Crippen LogP contribution < -0.4 is 9.46 Å². The Bertz CT molecular complexity index is 920. The summed E-state index contributed by atoms with van der Waals surface area (Å²) in [6.45, 7) is 9.05. The van der Waals surface area contributed by atoms with Crippen molar-refractivity contribution in [3.63, 3.8) is 0 Å². The largest absolute Gasteiger partial charge is 0.496 e. The van der Waals surface area contributed by atoms with E-state index in [1.54, 1.807) is 33.1 Å². The van der Waals surface area contributed by atoms with E-state index in [1.165, 1.54) is 6.08 Å². The van der Waals surface area contributed by atoms with E-state index in [1.807, 2.05) is 20.8 Å². The first-order valence-corrected chi connectivity index (χ1v) is 12.3. The summed E-state index contributed by atoms with van der Waals surface area (Å²) >= 11 is 0. The number of benzene rings is 1. The summed E-state index contributed by atoms with van der Waals surface area (Å²) in [4.78, 5) is 0.236. The van der Waals surface area contributed by atoms with Gasteiger partial charge in [-0.2, -0.15) is 8.42 Å². The highest BCUT2D eigenvalue weighted by molar-refractivity contribution is 7.89. The molecule has 1 rings (SSSR count). The summed E-state index contributed by atoms with van der Waals surface area (Å²) in [5.74, 6) is 0.648. The molecule has 0 aliphatic carbocycles. The second kappa shape index (κ2) is 9.87. The Hall–Kier alpha value is -1.42. The third-order valence-corrected chi connectivity index (χ3v) is 7.05. The summed E-state index contributed by atoms with van der Waals surface area (Å²) in [6, 6.07) is 1.21. The van der Waals surface area contributed by atoms with Crippen LogP contribution >= 0.6 is 0 Å². The Morgan fingerprint density at radius 3 is 2.25 bits per heavy atom. The van der Waals surface area contributed by atoms with Gasteiger partial charge in [0, 0.05) is 6.04 Å². The lowest BCUT2D eigenvalue weighted by atomic mass is 10.00. The van der Waals surface area contributed by atoms with E-state index in [2.05, 4.69) is 8.91 Å². The van der Waals surface area contributed by atoms with Gasteiger partial charge in [-0.05, 0) is 49.4 Å². The first-order valence-electron chi connectivity index (χ1n) is 9.02. The van der Waals surface area contributed by atoms with Gasteiger partial charge < -0.3 is 4.74 Å². The van der Waals surface area contributed by atoms with Gasteiger partial charge in [0.05, 0.1) is 24.9 Å². The molecule has 28 heavy (non-hydrogen) atoms. The number of nitrogens with one attached hydrogen (secondary N) is 1. The topological polar surface area (TPSA) is 98.8 Å². The quantitative estimate of drug-likeness (QED) is 0.450. The molecule has 160 valence electrons. The number of ether oxygens (including phenoxy) is 1. The van der Waals surface area contributed by atoms with Gasteiger partial charge in [0.1, 0.15) is 5.75 Å². The molecule has 0 aliphatic rings. The first kappa shape index (κ1) is 24.6. The normalized spacial score (nSPS) is 15.0. The number of methoxy groups -OCH3 is 1. The summed E-state index contributed by atoms with van der Waals surface area (Å²) in [7, 11) is -5.80. The van der Waals surface area contributed by atoms with Gasteiger partial charge >= 0.3 is 0 Å². The molecule has 2 atom stereocenters.